The van der Waals surface area contributed by atoms with Gasteiger partial charge in [-0.05, 0) is 30.3 Å². The Labute approximate surface area is 150 Å². The SMILES string of the molecule is N#Cc1ccc2[nH]c(O)c(C(=Nc3ccccc3)c3ccccc3)c2c1. The molecule has 0 aliphatic carbocycles. The first-order valence-corrected chi connectivity index (χ1v) is 8.20. The van der Waals surface area contributed by atoms with E-state index < -0.39 is 0 Å². The molecular formula is C22H15N3O. The van der Waals surface area contributed by atoms with Crippen molar-refractivity contribution in [2.75, 3.05) is 0 Å². The molecule has 0 spiro atoms. The molecule has 0 radical (unpaired) electrons. The Morgan fingerprint density at radius 3 is 2.31 bits per heavy atom. The maximum atomic E-state index is 10.6. The molecule has 0 bridgehead atoms. The second-order valence-corrected chi connectivity index (χ2v) is 5.88. The number of nitrogens with one attached hydrogen (secondary N) is 1. The summed E-state index contributed by atoms with van der Waals surface area (Å²) in [5.74, 6) is 0.0358. The minimum Gasteiger partial charge on any atom is -0.494 e. The standard InChI is InChI=1S/C22H15N3O/c23-14-15-11-12-19-18(13-15)20(22(26)25-19)21(16-7-3-1-4-8-16)24-17-9-5-2-6-10-17/h1-13,25-26H. The van der Waals surface area contributed by atoms with Crippen molar-refractivity contribution in [2.24, 2.45) is 4.99 Å². The van der Waals surface area contributed by atoms with Crippen LogP contribution in [-0.4, -0.2) is 15.8 Å². The van der Waals surface area contributed by atoms with Gasteiger partial charge in [0, 0.05) is 16.5 Å². The van der Waals surface area contributed by atoms with Crippen LogP contribution in [0.1, 0.15) is 16.7 Å². The zero-order chi connectivity index (χ0) is 17.9. The first kappa shape index (κ1) is 15.7. The van der Waals surface area contributed by atoms with Crippen molar-refractivity contribution >= 4 is 22.3 Å². The van der Waals surface area contributed by atoms with Crippen molar-refractivity contribution in [2.45, 2.75) is 0 Å². The summed E-state index contributed by atoms with van der Waals surface area (Å²) in [4.78, 5) is 7.77. The van der Waals surface area contributed by atoms with Crippen LogP contribution in [0, 0.1) is 11.3 Å². The third-order valence-corrected chi connectivity index (χ3v) is 4.19. The van der Waals surface area contributed by atoms with Crippen molar-refractivity contribution < 1.29 is 5.11 Å². The molecule has 0 amide bonds. The number of aliphatic imine (C=N–C) groups is 1. The van der Waals surface area contributed by atoms with Crippen molar-refractivity contribution in [3.63, 3.8) is 0 Å². The smallest absolute Gasteiger partial charge is 0.199 e. The van der Waals surface area contributed by atoms with E-state index in [4.69, 9.17) is 4.99 Å². The third-order valence-electron chi connectivity index (χ3n) is 4.19. The summed E-state index contributed by atoms with van der Waals surface area (Å²) in [5.41, 5.74) is 4.20. The lowest BCUT2D eigenvalue weighted by Crippen LogP contribution is -2.02. The number of nitrogens with zero attached hydrogens (tertiary/aromatic N) is 2. The van der Waals surface area contributed by atoms with Gasteiger partial charge in [0.05, 0.1) is 28.6 Å². The van der Waals surface area contributed by atoms with Crippen molar-refractivity contribution in [1.29, 1.82) is 5.26 Å². The number of rotatable bonds is 3. The Kier molecular flexibility index (Phi) is 3.97. The lowest BCUT2D eigenvalue weighted by molar-refractivity contribution is 0.457. The Morgan fingerprint density at radius 1 is 0.923 bits per heavy atom. The van der Waals surface area contributed by atoms with Gasteiger partial charge in [0.25, 0.3) is 0 Å². The van der Waals surface area contributed by atoms with Crippen LogP contribution in [0.25, 0.3) is 10.9 Å². The molecule has 0 unspecified atom stereocenters. The molecule has 0 fully saturated rings. The summed E-state index contributed by atoms with van der Waals surface area (Å²) in [7, 11) is 0. The van der Waals surface area contributed by atoms with Gasteiger partial charge in [0.1, 0.15) is 0 Å². The van der Waals surface area contributed by atoms with Gasteiger partial charge < -0.3 is 10.1 Å². The Balaban J connectivity index is 2.02. The summed E-state index contributed by atoms with van der Waals surface area (Å²) in [6.07, 6.45) is 0. The summed E-state index contributed by atoms with van der Waals surface area (Å²) < 4.78 is 0. The van der Waals surface area contributed by atoms with E-state index in [0.29, 0.717) is 16.8 Å². The van der Waals surface area contributed by atoms with Gasteiger partial charge in [-0.3, -0.25) is 0 Å². The molecule has 1 heterocycles. The minimum atomic E-state index is 0.0358. The van der Waals surface area contributed by atoms with E-state index in [1.165, 1.54) is 0 Å². The van der Waals surface area contributed by atoms with Crippen LogP contribution in [0.5, 0.6) is 5.88 Å². The molecule has 0 saturated carbocycles. The molecular weight excluding hydrogens is 322 g/mol. The number of aromatic nitrogens is 1. The van der Waals surface area contributed by atoms with Gasteiger partial charge in [0.15, 0.2) is 5.88 Å². The minimum absolute atomic E-state index is 0.0358. The second kappa shape index (κ2) is 6.58. The molecule has 4 rings (SSSR count). The zero-order valence-electron chi connectivity index (χ0n) is 13.8. The Hall–Kier alpha value is -3.84. The molecule has 0 aliphatic heterocycles. The zero-order valence-corrected chi connectivity index (χ0v) is 13.8. The topological polar surface area (TPSA) is 72.2 Å². The fraction of sp³-hybridized carbons (Fsp3) is 0. The Bertz CT molecular complexity index is 1140. The number of fused-ring (bicyclic) bond motifs is 1. The number of aromatic hydroxyl groups is 1. The highest BCUT2D eigenvalue weighted by Crippen LogP contribution is 2.32. The number of aromatic amines is 1. The third kappa shape index (κ3) is 2.83. The molecule has 1 aromatic heterocycles. The van der Waals surface area contributed by atoms with E-state index in [-0.39, 0.29) is 5.88 Å². The van der Waals surface area contributed by atoms with Gasteiger partial charge in [0.2, 0.25) is 0 Å². The normalized spacial score (nSPS) is 11.4. The molecule has 4 aromatic rings. The number of benzene rings is 3. The monoisotopic (exact) mass is 337 g/mol. The lowest BCUT2D eigenvalue weighted by Gasteiger charge is -2.08. The molecule has 3 aromatic carbocycles. The number of H-pyrrole nitrogens is 1. The highest BCUT2D eigenvalue weighted by Gasteiger charge is 2.18. The quantitative estimate of drug-likeness (QED) is 0.521. The molecule has 0 saturated heterocycles. The molecule has 2 N–H and O–H groups in total. The van der Waals surface area contributed by atoms with Gasteiger partial charge >= 0.3 is 0 Å². The fourth-order valence-corrected chi connectivity index (χ4v) is 2.98. The van der Waals surface area contributed by atoms with Gasteiger partial charge in [-0.2, -0.15) is 5.26 Å². The largest absolute Gasteiger partial charge is 0.494 e. The molecule has 0 atom stereocenters. The van der Waals surface area contributed by atoms with Crippen LogP contribution >= 0.6 is 0 Å². The number of hydrogen-bond donors (Lipinski definition) is 2. The second-order valence-electron chi connectivity index (χ2n) is 5.88. The average Bonchev–Trinajstić information content (AvgIpc) is 3.02. The fourth-order valence-electron chi connectivity index (χ4n) is 2.98. The van der Waals surface area contributed by atoms with Crippen molar-refractivity contribution in [3.8, 4) is 11.9 Å². The molecule has 0 aliphatic rings. The summed E-state index contributed by atoms with van der Waals surface area (Å²) in [6, 6.07) is 26.7. The molecule has 4 heteroatoms. The van der Waals surface area contributed by atoms with Gasteiger partial charge in [-0.15, -0.1) is 0 Å². The Morgan fingerprint density at radius 2 is 1.62 bits per heavy atom. The van der Waals surface area contributed by atoms with E-state index in [2.05, 4.69) is 11.1 Å². The highest BCUT2D eigenvalue weighted by atomic mass is 16.3. The predicted octanol–water partition coefficient (Wildman–Crippen LogP) is 4.91. The first-order chi connectivity index (χ1) is 12.8. The van der Waals surface area contributed by atoms with Crippen LogP contribution in [0.2, 0.25) is 0 Å². The molecule has 26 heavy (non-hydrogen) atoms. The van der Waals surface area contributed by atoms with Crippen LogP contribution in [0.4, 0.5) is 5.69 Å². The van der Waals surface area contributed by atoms with Crippen molar-refractivity contribution in [1.82, 2.24) is 4.98 Å². The van der Waals surface area contributed by atoms with Crippen LogP contribution in [0.3, 0.4) is 0 Å². The molecule has 4 nitrogen and oxygen atoms in total. The highest BCUT2D eigenvalue weighted by molar-refractivity contribution is 6.22. The maximum Gasteiger partial charge on any atom is 0.199 e. The first-order valence-electron chi connectivity index (χ1n) is 8.20. The average molecular weight is 337 g/mol. The molecule has 124 valence electrons. The van der Waals surface area contributed by atoms with Gasteiger partial charge in [-0.1, -0.05) is 48.5 Å². The van der Waals surface area contributed by atoms with E-state index in [9.17, 15) is 10.4 Å². The predicted molar refractivity (Wildman–Crippen MR) is 103 cm³/mol. The van der Waals surface area contributed by atoms with E-state index in [1.807, 2.05) is 60.7 Å². The van der Waals surface area contributed by atoms with Crippen LogP contribution in [-0.2, 0) is 0 Å². The maximum absolute atomic E-state index is 10.6. The van der Waals surface area contributed by atoms with Crippen LogP contribution in [0.15, 0.2) is 83.9 Å². The number of nitriles is 1. The van der Waals surface area contributed by atoms with Gasteiger partial charge in [-0.25, -0.2) is 4.99 Å². The summed E-state index contributed by atoms with van der Waals surface area (Å²) in [5, 5.41) is 20.6. The summed E-state index contributed by atoms with van der Waals surface area (Å²) >= 11 is 0. The van der Waals surface area contributed by atoms with Crippen molar-refractivity contribution in [3.05, 3.63) is 95.6 Å². The van der Waals surface area contributed by atoms with E-state index >= 15 is 0 Å². The number of hydrogen-bond acceptors (Lipinski definition) is 3. The number of para-hydroxylation sites is 1. The van der Waals surface area contributed by atoms with E-state index in [0.717, 1.165) is 22.2 Å². The van der Waals surface area contributed by atoms with E-state index in [1.54, 1.807) is 18.2 Å². The lowest BCUT2D eigenvalue weighted by atomic mass is 10.00. The van der Waals surface area contributed by atoms with Crippen LogP contribution < -0.4 is 0 Å². The summed E-state index contributed by atoms with van der Waals surface area (Å²) in [6.45, 7) is 0.